The van der Waals surface area contributed by atoms with Gasteiger partial charge in [-0.2, -0.15) is 5.10 Å². The highest BCUT2D eigenvalue weighted by Gasteiger charge is 2.26. The molecule has 0 spiro atoms. The van der Waals surface area contributed by atoms with Crippen LogP contribution in [-0.4, -0.2) is 60.6 Å². The number of carboxylic acid groups (broad SMARTS) is 1. The van der Waals surface area contributed by atoms with Crippen LogP contribution in [0.25, 0.3) is 0 Å². The van der Waals surface area contributed by atoms with Gasteiger partial charge >= 0.3 is 5.97 Å². The highest BCUT2D eigenvalue weighted by atomic mass is 16.5. The van der Waals surface area contributed by atoms with Crippen LogP contribution in [-0.2, 0) is 9.53 Å². The number of ether oxygens (including phenoxy) is 1. The number of carbonyl (C=O) groups is 2. The van der Waals surface area contributed by atoms with E-state index in [1.807, 2.05) is 4.90 Å². The number of rotatable bonds is 7. The van der Waals surface area contributed by atoms with Crippen molar-refractivity contribution in [1.29, 1.82) is 0 Å². The van der Waals surface area contributed by atoms with E-state index in [1.54, 1.807) is 31.4 Å². The molecule has 0 aromatic heterocycles. The van der Waals surface area contributed by atoms with Crippen molar-refractivity contribution in [2.45, 2.75) is 12.8 Å². The van der Waals surface area contributed by atoms with Crippen LogP contribution in [0.3, 0.4) is 0 Å². The van der Waals surface area contributed by atoms with Gasteiger partial charge < -0.3 is 20.6 Å². The van der Waals surface area contributed by atoms with Gasteiger partial charge in [0.2, 0.25) is 5.69 Å². The Hall–Kier alpha value is -2.74. The fourth-order valence-electron chi connectivity index (χ4n) is 2.74. The molecule has 1 aromatic carbocycles. The van der Waals surface area contributed by atoms with E-state index in [-0.39, 0.29) is 18.0 Å². The average molecular weight is 347 g/mol. The molecule has 1 fully saturated rings. The first-order valence-corrected chi connectivity index (χ1v) is 8.00. The van der Waals surface area contributed by atoms with Gasteiger partial charge in [-0.1, -0.05) is 0 Å². The molecule has 0 aliphatic carbocycles. The molecule has 1 aliphatic rings. The van der Waals surface area contributed by atoms with Gasteiger partial charge in [-0.15, -0.1) is 0 Å². The van der Waals surface area contributed by atoms with Crippen molar-refractivity contribution in [3.63, 3.8) is 0 Å². The van der Waals surface area contributed by atoms with Crippen molar-refractivity contribution in [2.75, 3.05) is 26.8 Å². The average Bonchev–Trinajstić information content (AvgIpc) is 3.07. The maximum Gasteiger partial charge on any atom is 0.309 e. The standard InChI is InChI=1S/C17H22N4O4/c1-25-11-12-6-7-21(10-12)17(24)13-2-4-14(5-3-13)19-9-15(20-18)8-16(22)23/h2-5,9,12H,6-8,10-11,18H2,1H3,(H,22,23)/p+1. The monoisotopic (exact) mass is 347 g/mol. The molecular weight excluding hydrogens is 324 g/mol. The van der Waals surface area contributed by atoms with Crippen LogP contribution in [0, 0.1) is 5.92 Å². The van der Waals surface area contributed by atoms with E-state index in [0.717, 1.165) is 13.0 Å². The molecule has 0 saturated carbocycles. The number of carbonyl (C=O) groups excluding carboxylic acids is 1. The molecule has 1 saturated heterocycles. The van der Waals surface area contributed by atoms with Crippen molar-refractivity contribution in [3.05, 3.63) is 29.8 Å². The Balaban J connectivity index is 1.97. The maximum atomic E-state index is 12.5. The zero-order valence-corrected chi connectivity index (χ0v) is 14.1. The molecule has 1 unspecified atom stereocenters. The van der Waals surface area contributed by atoms with Gasteiger partial charge in [-0.25, -0.2) is 4.99 Å². The summed E-state index contributed by atoms with van der Waals surface area (Å²) in [5.41, 5.74) is 1.54. The molecule has 1 heterocycles. The number of hydrogen-bond donors (Lipinski definition) is 3. The summed E-state index contributed by atoms with van der Waals surface area (Å²) in [4.78, 5) is 27.9. The van der Waals surface area contributed by atoms with Crippen molar-refractivity contribution >= 4 is 29.5 Å². The molecule has 134 valence electrons. The topological polar surface area (TPSA) is 119 Å². The van der Waals surface area contributed by atoms with Gasteiger partial charge in [0.05, 0.1) is 13.0 Å². The summed E-state index contributed by atoms with van der Waals surface area (Å²) in [6.45, 7) is 2.13. The molecule has 1 amide bonds. The first kappa shape index (κ1) is 18.6. The first-order valence-electron chi connectivity index (χ1n) is 8.00. The third-order valence-corrected chi connectivity index (χ3v) is 4.01. The van der Waals surface area contributed by atoms with Crippen LogP contribution >= 0.6 is 0 Å². The first-order chi connectivity index (χ1) is 12.0. The molecule has 1 aliphatic heterocycles. The molecule has 1 aromatic rings. The summed E-state index contributed by atoms with van der Waals surface area (Å²) < 4.78 is 5.15. The van der Waals surface area contributed by atoms with E-state index in [0.29, 0.717) is 30.3 Å². The minimum Gasteiger partial charge on any atom is -0.481 e. The number of aliphatic carboxylic acids is 1. The number of methoxy groups -OCH3 is 1. The van der Waals surface area contributed by atoms with E-state index in [1.165, 1.54) is 6.21 Å². The Kier molecular flexibility index (Phi) is 6.64. The lowest BCUT2D eigenvalue weighted by Crippen LogP contribution is -2.63. The van der Waals surface area contributed by atoms with Gasteiger partial charge in [-0.3, -0.25) is 9.59 Å². The summed E-state index contributed by atoms with van der Waals surface area (Å²) >= 11 is 0. The number of benzene rings is 1. The summed E-state index contributed by atoms with van der Waals surface area (Å²) in [7, 11) is 1.67. The van der Waals surface area contributed by atoms with Crippen LogP contribution in [0.1, 0.15) is 23.2 Å². The van der Waals surface area contributed by atoms with E-state index in [4.69, 9.17) is 15.7 Å². The fourth-order valence-corrected chi connectivity index (χ4v) is 2.74. The Morgan fingerprint density at radius 3 is 2.76 bits per heavy atom. The van der Waals surface area contributed by atoms with Gasteiger partial charge in [0.15, 0.2) is 6.21 Å². The van der Waals surface area contributed by atoms with Gasteiger partial charge in [-0.05, 0) is 18.6 Å². The Labute approximate surface area is 146 Å². The van der Waals surface area contributed by atoms with Gasteiger partial charge in [0, 0.05) is 43.8 Å². The number of carboxylic acids is 1. The normalized spacial score (nSPS) is 18.0. The molecule has 8 heteroatoms. The second-order valence-corrected chi connectivity index (χ2v) is 5.92. The minimum atomic E-state index is -1.01. The lowest BCUT2D eigenvalue weighted by molar-refractivity contribution is -0.345. The lowest BCUT2D eigenvalue weighted by atomic mass is 10.1. The molecule has 1 atom stereocenters. The largest absolute Gasteiger partial charge is 0.481 e. The number of hydrazone groups is 1. The second kappa shape index (κ2) is 8.93. The summed E-state index contributed by atoms with van der Waals surface area (Å²) in [6, 6.07) is 6.97. The van der Waals surface area contributed by atoms with Crippen LogP contribution < -0.4 is 10.8 Å². The van der Waals surface area contributed by atoms with Crippen LogP contribution in [0.4, 0.5) is 5.69 Å². The molecule has 0 bridgehead atoms. The van der Waals surface area contributed by atoms with E-state index < -0.39 is 5.97 Å². The molecule has 8 nitrogen and oxygen atoms in total. The molecule has 2 rings (SSSR count). The zero-order chi connectivity index (χ0) is 18.2. The highest BCUT2D eigenvalue weighted by Crippen LogP contribution is 2.19. The number of hydrogen-bond acceptors (Lipinski definition) is 5. The van der Waals surface area contributed by atoms with Crippen LogP contribution in [0.15, 0.2) is 29.4 Å². The minimum absolute atomic E-state index is 0.00391. The van der Waals surface area contributed by atoms with Crippen molar-refractivity contribution < 1.29 is 24.4 Å². The fraction of sp³-hybridized carbons (Fsp3) is 0.412. The third kappa shape index (κ3) is 5.39. The lowest BCUT2D eigenvalue weighted by Gasteiger charge is -2.16. The number of nitrogens with zero attached hydrogens (tertiary/aromatic N) is 2. The number of nitrogens with one attached hydrogen (secondary N) is 1. The summed E-state index contributed by atoms with van der Waals surface area (Å²) in [6.07, 6.45) is 2.12. The number of amides is 1. The SMILES string of the molecule is COCC1CCN(C(=O)c2ccc([NH+]=CC(CC(=O)O)=NN)cc2)C1. The quantitative estimate of drug-likeness (QED) is 0.345. The Morgan fingerprint density at radius 1 is 1.44 bits per heavy atom. The molecule has 4 N–H and O–H groups in total. The summed E-state index contributed by atoms with van der Waals surface area (Å²) in [5, 5.41) is 12.1. The maximum absolute atomic E-state index is 12.5. The van der Waals surface area contributed by atoms with E-state index >= 15 is 0 Å². The van der Waals surface area contributed by atoms with E-state index in [9.17, 15) is 9.59 Å². The predicted octanol–water partition coefficient (Wildman–Crippen LogP) is -0.633. The van der Waals surface area contributed by atoms with E-state index in [2.05, 4.69) is 10.1 Å². The Morgan fingerprint density at radius 2 is 2.16 bits per heavy atom. The Bertz CT molecular complexity index is 670. The third-order valence-electron chi connectivity index (χ3n) is 4.01. The zero-order valence-electron chi connectivity index (χ0n) is 14.1. The highest BCUT2D eigenvalue weighted by molar-refractivity contribution is 6.32. The second-order valence-electron chi connectivity index (χ2n) is 5.92. The van der Waals surface area contributed by atoms with Gasteiger partial charge in [0.25, 0.3) is 5.91 Å². The van der Waals surface area contributed by atoms with Crippen molar-refractivity contribution in [3.8, 4) is 0 Å². The molecule has 0 radical (unpaired) electrons. The summed E-state index contributed by atoms with van der Waals surface area (Å²) in [5.74, 6) is 4.53. The number of likely N-dealkylation sites (tertiary alicyclic amines) is 1. The van der Waals surface area contributed by atoms with Crippen LogP contribution in [0.2, 0.25) is 0 Å². The van der Waals surface area contributed by atoms with Crippen molar-refractivity contribution in [1.82, 2.24) is 4.90 Å². The van der Waals surface area contributed by atoms with Gasteiger partial charge in [0.1, 0.15) is 5.71 Å². The van der Waals surface area contributed by atoms with Crippen LogP contribution in [0.5, 0.6) is 0 Å². The smallest absolute Gasteiger partial charge is 0.309 e. The molecule has 25 heavy (non-hydrogen) atoms. The number of nitrogens with two attached hydrogens (primary N) is 1. The molecular formula is C17H23N4O4+. The van der Waals surface area contributed by atoms with Crippen molar-refractivity contribution in [2.24, 2.45) is 16.9 Å². The predicted molar refractivity (Wildman–Crippen MR) is 92.9 cm³/mol.